The van der Waals surface area contributed by atoms with E-state index < -0.39 is 0 Å². The van der Waals surface area contributed by atoms with Gasteiger partial charge in [-0.1, -0.05) is 20.8 Å². The highest BCUT2D eigenvalue weighted by atomic mass is 79.9. The number of carbonyl (C=O) groups excluding carboxylic acids is 1. The Balaban J connectivity index is 2.07. The van der Waals surface area contributed by atoms with Crippen LogP contribution in [0, 0.1) is 11.3 Å². The molecule has 110 valence electrons. The summed E-state index contributed by atoms with van der Waals surface area (Å²) in [5.41, 5.74) is 1.05. The zero-order valence-electron chi connectivity index (χ0n) is 12.3. The molecule has 0 spiro atoms. The molecule has 0 N–H and O–H groups in total. The number of amides is 1. The van der Waals surface area contributed by atoms with Crippen LogP contribution < -0.4 is 0 Å². The van der Waals surface area contributed by atoms with Crippen molar-refractivity contribution in [1.29, 1.82) is 0 Å². The van der Waals surface area contributed by atoms with Crippen LogP contribution in [0.5, 0.6) is 0 Å². The molecule has 2 rings (SSSR count). The fourth-order valence-electron chi connectivity index (χ4n) is 2.80. The van der Waals surface area contributed by atoms with Crippen molar-refractivity contribution >= 4 is 34.5 Å². The fourth-order valence-corrected chi connectivity index (χ4v) is 3.42. The highest BCUT2D eigenvalue weighted by Crippen LogP contribution is 2.35. The van der Waals surface area contributed by atoms with E-state index in [9.17, 15) is 4.79 Å². The van der Waals surface area contributed by atoms with Gasteiger partial charge in [0.2, 0.25) is 0 Å². The van der Waals surface area contributed by atoms with Crippen LogP contribution in [0.25, 0.3) is 0 Å². The Hall–Kier alpha value is -0.480. The predicted octanol–water partition coefficient (Wildman–Crippen LogP) is 4.64. The molecule has 0 saturated carbocycles. The first-order valence-electron chi connectivity index (χ1n) is 7.07. The molecule has 1 aliphatic rings. The van der Waals surface area contributed by atoms with Crippen molar-refractivity contribution in [3.63, 3.8) is 0 Å². The fraction of sp³-hybridized carbons (Fsp3) is 0.562. The smallest absolute Gasteiger partial charge is 0.255 e. The lowest BCUT2D eigenvalue weighted by Gasteiger charge is -2.38. The third kappa shape index (κ3) is 3.59. The number of likely N-dealkylation sites (tertiary alicyclic amines) is 1. The van der Waals surface area contributed by atoms with Crippen molar-refractivity contribution in [2.45, 2.75) is 38.5 Å². The van der Waals surface area contributed by atoms with E-state index in [4.69, 9.17) is 0 Å². The highest BCUT2D eigenvalue weighted by Gasteiger charge is 2.31. The minimum absolute atomic E-state index is 0.111. The molecule has 2 nitrogen and oxygen atoms in total. The van der Waals surface area contributed by atoms with Gasteiger partial charge in [-0.2, -0.15) is 0 Å². The summed E-state index contributed by atoms with van der Waals surface area (Å²) in [4.78, 5) is 15.4. The number of hydrogen-bond donors (Lipinski definition) is 1. The molecule has 0 aliphatic carbocycles. The summed E-state index contributed by atoms with van der Waals surface area (Å²) < 4.78 is 0.846. The molecule has 1 saturated heterocycles. The van der Waals surface area contributed by atoms with Gasteiger partial charge in [-0.15, -0.1) is 12.6 Å². The second-order valence-corrected chi connectivity index (χ2v) is 7.97. The lowest BCUT2D eigenvalue weighted by molar-refractivity contribution is 0.0607. The molecule has 1 aromatic carbocycles. The van der Waals surface area contributed by atoms with E-state index in [1.807, 2.05) is 23.1 Å². The molecule has 1 aliphatic heterocycles. The van der Waals surface area contributed by atoms with Crippen molar-refractivity contribution < 1.29 is 4.79 Å². The van der Waals surface area contributed by atoms with Gasteiger partial charge in [-0.25, -0.2) is 0 Å². The SMILES string of the molecule is CC(C)(C)C1CCN(C(=O)c2cc(S)ccc2Br)CC1. The summed E-state index contributed by atoms with van der Waals surface area (Å²) in [5, 5.41) is 0. The van der Waals surface area contributed by atoms with Gasteiger partial charge < -0.3 is 4.90 Å². The first kappa shape index (κ1) is 15.9. The highest BCUT2D eigenvalue weighted by molar-refractivity contribution is 9.10. The number of hydrogen-bond acceptors (Lipinski definition) is 2. The second-order valence-electron chi connectivity index (χ2n) is 6.60. The number of piperidine rings is 1. The van der Waals surface area contributed by atoms with E-state index in [0.717, 1.165) is 35.3 Å². The van der Waals surface area contributed by atoms with Crippen molar-refractivity contribution in [1.82, 2.24) is 4.90 Å². The summed E-state index contributed by atoms with van der Waals surface area (Å²) >= 11 is 7.78. The number of rotatable bonds is 1. The molecule has 1 aromatic rings. The average molecular weight is 356 g/mol. The van der Waals surface area contributed by atoms with Gasteiger partial charge in [-0.3, -0.25) is 4.79 Å². The minimum Gasteiger partial charge on any atom is -0.339 e. The van der Waals surface area contributed by atoms with Gasteiger partial charge in [-0.05, 0) is 58.3 Å². The van der Waals surface area contributed by atoms with Crippen molar-refractivity contribution in [2.75, 3.05) is 13.1 Å². The summed E-state index contributed by atoms with van der Waals surface area (Å²) in [7, 11) is 0. The Morgan fingerprint density at radius 1 is 1.30 bits per heavy atom. The van der Waals surface area contributed by atoms with Crippen LogP contribution in [-0.2, 0) is 0 Å². The Morgan fingerprint density at radius 2 is 1.90 bits per heavy atom. The molecule has 20 heavy (non-hydrogen) atoms. The van der Waals surface area contributed by atoms with Gasteiger partial charge in [0, 0.05) is 22.5 Å². The van der Waals surface area contributed by atoms with Gasteiger partial charge >= 0.3 is 0 Å². The molecule has 0 bridgehead atoms. The van der Waals surface area contributed by atoms with E-state index in [1.54, 1.807) is 0 Å². The standard InChI is InChI=1S/C16H22BrNOS/c1-16(2,3)11-6-8-18(9-7-11)15(19)13-10-12(20)4-5-14(13)17/h4-5,10-11,20H,6-9H2,1-3H3. The summed E-state index contributed by atoms with van der Waals surface area (Å²) in [6, 6.07) is 5.61. The molecular formula is C16H22BrNOS. The maximum atomic E-state index is 12.6. The first-order valence-corrected chi connectivity index (χ1v) is 8.31. The molecule has 0 aromatic heterocycles. The Kier molecular flexibility index (Phi) is 4.85. The van der Waals surface area contributed by atoms with Gasteiger partial charge in [0.05, 0.1) is 5.56 Å². The Labute approximate surface area is 135 Å². The minimum atomic E-state index is 0.111. The number of carbonyl (C=O) groups is 1. The largest absolute Gasteiger partial charge is 0.339 e. The number of nitrogens with zero attached hydrogens (tertiary/aromatic N) is 1. The van der Waals surface area contributed by atoms with Crippen LogP contribution in [0.2, 0.25) is 0 Å². The third-order valence-electron chi connectivity index (χ3n) is 4.19. The van der Waals surface area contributed by atoms with Crippen molar-refractivity contribution in [3.05, 3.63) is 28.2 Å². The van der Waals surface area contributed by atoms with Crippen LogP contribution in [0.3, 0.4) is 0 Å². The maximum absolute atomic E-state index is 12.6. The van der Waals surface area contributed by atoms with E-state index in [-0.39, 0.29) is 5.91 Å². The van der Waals surface area contributed by atoms with Crippen LogP contribution in [0.15, 0.2) is 27.6 Å². The Bertz CT molecular complexity index is 502. The monoisotopic (exact) mass is 355 g/mol. The number of thiol groups is 1. The average Bonchev–Trinajstić information content (AvgIpc) is 2.40. The summed E-state index contributed by atoms with van der Waals surface area (Å²) in [6.07, 6.45) is 2.18. The predicted molar refractivity (Wildman–Crippen MR) is 89.5 cm³/mol. The zero-order valence-corrected chi connectivity index (χ0v) is 14.8. The van der Waals surface area contributed by atoms with Gasteiger partial charge in [0.15, 0.2) is 0 Å². The first-order chi connectivity index (χ1) is 9.29. The summed E-state index contributed by atoms with van der Waals surface area (Å²) in [5.74, 6) is 0.811. The van der Waals surface area contributed by atoms with E-state index in [1.165, 1.54) is 0 Å². The topological polar surface area (TPSA) is 20.3 Å². The molecular weight excluding hydrogens is 334 g/mol. The normalized spacial score (nSPS) is 17.4. The number of halogens is 1. The van der Waals surface area contributed by atoms with Crippen LogP contribution in [0.4, 0.5) is 0 Å². The molecule has 0 radical (unpaired) electrons. The van der Waals surface area contributed by atoms with Crippen LogP contribution in [-0.4, -0.2) is 23.9 Å². The second kappa shape index (κ2) is 6.10. The number of benzene rings is 1. The van der Waals surface area contributed by atoms with E-state index in [0.29, 0.717) is 16.9 Å². The van der Waals surface area contributed by atoms with Crippen LogP contribution in [0.1, 0.15) is 44.0 Å². The van der Waals surface area contributed by atoms with Gasteiger partial charge in [0.1, 0.15) is 0 Å². The molecule has 4 heteroatoms. The zero-order chi connectivity index (χ0) is 14.9. The Morgan fingerprint density at radius 3 is 2.45 bits per heavy atom. The third-order valence-corrected chi connectivity index (χ3v) is 5.16. The van der Waals surface area contributed by atoms with E-state index in [2.05, 4.69) is 49.3 Å². The lowest BCUT2D eigenvalue weighted by Crippen LogP contribution is -2.41. The molecule has 0 atom stereocenters. The molecule has 1 heterocycles. The molecule has 0 unspecified atom stereocenters. The summed E-state index contributed by atoms with van der Waals surface area (Å²) in [6.45, 7) is 8.57. The lowest BCUT2D eigenvalue weighted by atomic mass is 9.75. The van der Waals surface area contributed by atoms with Crippen LogP contribution >= 0.6 is 28.6 Å². The van der Waals surface area contributed by atoms with Crippen molar-refractivity contribution in [3.8, 4) is 0 Å². The van der Waals surface area contributed by atoms with Gasteiger partial charge in [0.25, 0.3) is 5.91 Å². The maximum Gasteiger partial charge on any atom is 0.255 e. The quantitative estimate of drug-likeness (QED) is 0.727. The molecule has 1 fully saturated rings. The van der Waals surface area contributed by atoms with E-state index >= 15 is 0 Å². The molecule has 1 amide bonds. The van der Waals surface area contributed by atoms with Crippen molar-refractivity contribution in [2.24, 2.45) is 11.3 Å².